The molecule has 0 saturated carbocycles. The van der Waals surface area contributed by atoms with E-state index in [0.29, 0.717) is 0 Å². The smallest absolute Gasteiger partial charge is 0.258 e. The molecule has 6 rings (SSSR count). The van der Waals surface area contributed by atoms with Crippen LogP contribution in [0.15, 0.2) is 157 Å². The van der Waals surface area contributed by atoms with E-state index in [1.807, 2.05) is 0 Å². The highest BCUT2D eigenvalue weighted by Gasteiger charge is 2.53. The summed E-state index contributed by atoms with van der Waals surface area (Å²) >= 11 is 0. The van der Waals surface area contributed by atoms with Gasteiger partial charge in [-0.05, 0) is 48.0 Å². The molecule has 1 aliphatic heterocycles. The van der Waals surface area contributed by atoms with Crippen molar-refractivity contribution < 1.29 is 4.74 Å². The number of hydrogen-bond donors (Lipinski definition) is 0. The van der Waals surface area contributed by atoms with Crippen molar-refractivity contribution in [2.75, 3.05) is 0 Å². The molecule has 0 aliphatic carbocycles. The predicted molar refractivity (Wildman–Crippen MR) is 149 cm³/mol. The number of hydrogen-bond acceptors (Lipinski definition) is 1. The molecule has 0 N–H and O–H groups in total. The monoisotopic (exact) mass is 469 g/mol. The van der Waals surface area contributed by atoms with Gasteiger partial charge in [0, 0.05) is 17.6 Å². The van der Waals surface area contributed by atoms with E-state index in [2.05, 4.69) is 152 Å². The van der Waals surface area contributed by atoms with Crippen molar-refractivity contribution in [1.29, 1.82) is 0 Å². The second-order valence-electron chi connectivity index (χ2n) is 8.71. The minimum Gasteiger partial charge on any atom is -0.426 e. The molecule has 1 heterocycles. The second kappa shape index (κ2) is 9.37. The number of ether oxygens (including phenoxy) is 1. The Labute approximate surface area is 207 Å². The van der Waals surface area contributed by atoms with Gasteiger partial charge in [-0.2, -0.15) is 0 Å². The van der Waals surface area contributed by atoms with Gasteiger partial charge in [-0.1, -0.05) is 103 Å². The third-order valence-corrected chi connectivity index (χ3v) is 10.8. The summed E-state index contributed by atoms with van der Waals surface area (Å²) < 4.78 is 6.92. The molecule has 0 bridgehead atoms. The lowest BCUT2D eigenvalue weighted by Crippen LogP contribution is -2.34. The van der Waals surface area contributed by atoms with E-state index in [1.54, 1.807) is 0 Å². The molecule has 1 nitrogen and oxygen atoms in total. The summed E-state index contributed by atoms with van der Waals surface area (Å²) in [7, 11) is -2.30. The summed E-state index contributed by atoms with van der Waals surface area (Å²) in [5.74, 6) is 1.05. The Morgan fingerprint density at radius 1 is 0.457 bits per heavy atom. The molecule has 0 fully saturated rings. The van der Waals surface area contributed by atoms with Gasteiger partial charge in [0.25, 0.3) is 5.50 Å². The molecular weight excluding hydrogens is 443 g/mol. The molecule has 0 saturated heterocycles. The van der Waals surface area contributed by atoms with Crippen LogP contribution in [0, 0.1) is 0 Å². The fraction of sp³-hybridized carbons (Fsp3) is 0.0303. The standard InChI is InChI=1S/C33H26OP/c1-5-15-26(16-6-1)31-25-33(34-32-24-14-13-23-30(31)32)35(27-17-7-2-8-18-27,28-19-9-3-10-20-28)29-21-11-4-12-22-29/h1-25,31H/q+1. The van der Waals surface area contributed by atoms with Gasteiger partial charge < -0.3 is 4.74 Å². The summed E-state index contributed by atoms with van der Waals surface area (Å²) in [6.07, 6.45) is 2.37. The molecule has 0 radical (unpaired) electrons. The number of rotatable bonds is 5. The SMILES string of the molecule is C1=C([P+](c2ccccc2)(c2ccccc2)c2ccccc2)Oc2ccccc2C1c1ccccc1. The molecule has 1 aliphatic rings. The normalized spacial score (nSPS) is 15.0. The first kappa shape index (κ1) is 21.6. The molecule has 5 aromatic rings. The third kappa shape index (κ3) is 3.79. The Morgan fingerprint density at radius 3 is 1.40 bits per heavy atom. The Morgan fingerprint density at radius 2 is 0.886 bits per heavy atom. The number of para-hydroxylation sites is 1. The molecule has 1 unspecified atom stereocenters. The van der Waals surface area contributed by atoms with Crippen LogP contribution in [0.1, 0.15) is 17.0 Å². The lowest BCUT2D eigenvalue weighted by atomic mass is 9.90. The van der Waals surface area contributed by atoms with Gasteiger partial charge in [0.1, 0.15) is 21.7 Å². The summed E-state index contributed by atoms with van der Waals surface area (Å²) in [6, 6.07) is 51.9. The van der Waals surface area contributed by atoms with Crippen LogP contribution >= 0.6 is 7.26 Å². The van der Waals surface area contributed by atoms with E-state index in [1.165, 1.54) is 27.0 Å². The maximum absolute atomic E-state index is 6.92. The highest BCUT2D eigenvalue weighted by atomic mass is 31.2. The molecular formula is C33H26OP+. The van der Waals surface area contributed by atoms with Gasteiger partial charge in [0.2, 0.25) is 0 Å². The molecule has 5 aromatic carbocycles. The van der Waals surface area contributed by atoms with E-state index < -0.39 is 7.26 Å². The zero-order valence-corrected chi connectivity index (χ0v) is 20.3. The molecule has 1 atom stereocenters. The average Bonchev–Trinajstić information content (AvgIpc) is 2.95. The zero-order chi connectivity index (χ0) is 23.5. The lowest BCUT2D eigenvalue weighted by molar-refractivity contribution is 0.441. The van der Waals surface area contributed by atoms with Gasteiger partial charge in [0.15, 0.2) is 7.26 Å². The molecule has 35 heavy (non-hydrogen) atoms. The molecule has 168 valence electrons. The minimum absolute atomic E-state index is 0.117. The van der Waals surface area contributed by atoms with E-state index in [9.17, 15) is 0 Å². The van der Waals surface area contributed by atoms with Gasteiger partial charge in [-0.25, -0.2) is 0 Å². The number of fused-ring (bicyclic) bond motifs is 1. The van der Waals surface area contributed by atoms with Crippen LogP contribution in [0.3, 0.4) is 0 Å². The number of allylic oxidation sites excluding steroid dienone is 1. The van der Waals surface area contributed by atoms with E-state index in [4.69, 9.17) is 4.74 Å². The molecule has 0 amide bonds. The van der Waals surface area contributed by atoms with Crippen LogP contribution < -0.4 is 20.7 Å². The zero-order valence-electron chi connectivity index (χ0n) is 19.4. The van der Waals surface area contributed by atoms with Crippen molar-refractivity contribution in [3.05, 3.63) is 168 Å². The largest absolute Gasteiger partial charge is 0.426 e. The maximum Gasteiger partial charge on any atom is 0.258 e. The maximum atomic E-state index is 6.92. The van der Waals surface area contributed by atoms with Crippen molar-refractivity contribution in [1.82, 2.24) is 0 Å². The minimum atomic E-state index is -2.30. The van der Waals surface area contributed by atoms with Crippen molar-refractivity contribution in [3.63, 3.8) is 0 Å². The van der Waals surface area contributed by atoms with Crippen molar-refractivity contribution in [3.8, 4) is 5.75 Å². The van der Waals surface area contributed by atoms with Gasteiger partial charge in [-0.3, -0.25) is 0 Å². The Bertz CT molecular complexity index is 1350. The number of benzene rings is 5. The fourth-order valence-corrected chi connectivity index (χ4v) is 9.23. The first-order valence-corrected chi connectivity index (χ1v) is 13.8. The molecule has 2 heteroatoms. The Hall–Kier alpha value is -3.93. The van der Waals surface area contributed by atoms with Crippen molar-refractivity contribution >= 4 is 23.2 Å². The van der Waals surface area contributed by atoms with Crippen LogP contribution in [-0.4, -0.2) is 0 Å². The fourth-order valence-electron chi connectivity index (χ4n) is 5.11. The summed E-state index contributed by atoms with van der Waals surface area (Å²) in [6.45, 7) is 0. The van der Waals surface area contributed by atoms with Crippen LogP contribution in [-0.2, 0) is 0 Å². The highest BCUT2D eigenvalue weighted by molar-refractivity contribution is 7.98. The van der Waals surface area contributed by atoms with Crippen molar-refractivity contribution in [2.45, 2.75) is 5.92 Å². The van der Waals surface area contributed by atoms with E-state index in [-0.39, 0.29) is 5.92 Å². The van der Waals surface area contributed by atoms with Crippen LogP contribution in [0.25, 0.3) is 0 Å². The van der Waals surface area contributed by atoms with Crippen LogP contribution in [0.2, 0.25) is 0 Å². The first-order valence-electron chi connectivity index (χ1n) is 12.0. The third-order valence-electron chi connectivity index (χ3n) is 6.70. The van der Waals surface area contributed by atoms with Crippen LogP contribution in [0.5, 0.6) is 5.75 Å². The summed E-state index contributed by atoms with van der Waals surface area (Å²) in [4.78, 5) is 0. The Balaban J connectivity index is 1.69. The lowest BCUT2D eigenvalue weighted by Gasteiger charge is -2.33. The highest BCUT2D eigenvalue weighted by Crippen LogP contribution is 2.64. The molecule has 0 aromatic heterocycles. The van der Waals surface area contributed by atoms with E-state index >= 15 is 0 Å². The average molecular weight is 470 g/mol. The first-order chi connectivity index (χ1) is 17.4. The van der Waals surface area contributed by atoms with Gasteiger partial charge in [-0.15, -0.1) is 0 Å². The van der Waals surface area contributed by atoms with Gasteiger partial charge >= 0.3 is 0 Å². The molecule has 0 spiro atoms. The van der Waals surface area contributed by atoms with Crippen LogP contribution in [0.4, 0.5) is 0 Å². The second-order valence-corrected chi connectivity index (χ2v) is 12.0. The summed E-state index contributed by atoms with van der Waals surface area (Å²) in [5.41, 5.74) is 3.51. The van der Waals surface area contributed by atoms with Crippen molar-refractivity contribution in [2.24, 2.45) is 0 Å². The van der Waals surface area contributed by atoms with E-state index in [0.717, 1.165) is 11.2 Å². The topological polar surface area (TPSA) is 9.23 Å². The Kier molecular flexibility index (Phi) is 5.78. The van der Waals surface area contributed by atoms with Gasteiger partial charge in [0.05, 0.1) is 0 Å². The summed E-state index contributed by atoms with van der Waals surface area (Å²) in [5, 5.41) is 3.86. The quantitative estimate of drug-likeness (QED) is 0.251. The predicted octanol–water partition coefficient (Wildman–Crippen LogP) is 7.05.